The fourth-order valence-corrected chi connectivity index (χ4v) is 10.8. The highest BCUT2D eigenvalue weighted by atomic mass is 16.4. The van der Waals surface area contributed by atoms with Gasteiger partial charge in [0.2, 0.25) is 0 Å². The first-order chi connectivity index (χ1) is 18.6. The highest BCUT2D eigenvalue weighted by Crippen LogP contribution is 2.67. The minimum atomic E-state index is -0.528. The smallest absolute Gasteiger partial charge is 0.306 e. The van der Waals surface area contributed by atoms with Gasteiger partial charge in [0, 0.05) is 0 Å². The van der Waals surface area contributed by atoms with Gasteiger partial charge in [-0.3, -0.25) is 4.79 Å². The van der Waals surface area contributed by atoms with E-state index in [9.17, 15) is 9.90 Å². The number of hydrogen-bond acceptors (Lipinski definition) is 1. The Morgan fingerprint density at radius 3 is 2.36 bits per heavy atom. The van der Waals surface area contributed by atoms with Gasteiger partial charge in [0.15, 0.2) is 0 Å². The zero-order valence-corrected chi connectivity index (χ0v) is 26.8. The van der Waals surface area contributed by atoms with Gasteiger partial charge in [0.1, 0.15) is 0 Å². The number of aliphatic carboxylic acids is 1. The zero-order chi connectivity index (χ0) is 28.2. The molecular formula is C37H64O2. The molecule has 1 N–H and O–H groups in total. The molecule has 0 aromatic rings. The van der Waals surface area contributed by atoms with Crippen LogP contribution in [0, 0.1) is 58.2 Å². The number of unbranched alkanes of at least 4 members (excludes halogenated alkanes) is 5. The number of fused-ring (bicyclic) bond motifs is 5. The fraction of sp³-hybridized carbons (Fsp3) is 0.919. The molecule has 0 radical (unpaired) electrons. The number of hydrogen-bond donors (Lipinski definition) is 1. The lowest BCUT2D eigenvalue weighted by atomic mass is 9.46. The third-order valence-electron chi connectivity index (χ3n) is 13.1. The van der Waals surface area contributed by atoms with E-state index in [0.717, 1.165) is 61.2 Å². The van der Waals surface area contributed by atoms with Crippen LogP contribution in [0.25, 0.3) is 0 Å². The van der Waals surface area contributed by atoms with Crippen molar-refractivity contribution in [2.75, 3.05) is 0 Å². The summed E-state index contributed by atoms with van der Waals surface area (Å²) in [5.74, 6) is 4.90. The SMILES string of the molecule is CCCCCCCCC(C(=O)O)[C@H]1CC[C@@]2(C)C(=CC[C@H]3[C@@H]4CC[C@H]([C@H](C)CCCC(C)C)[C@@]4(C)CC[C@@H]32)C1. The van der Waals surface area contributed by atoms with Crippen LogP contribution in [-0.4, -0.2) is 11.1 Å². The van der Waals surface area contributed by atoms with Gasteiger partial charge in [-0.05, 0) is 110 Å². The topological polar surface area (TPSA) is 37.3 Å². The maximum absolute atomic E-state index is 12.4. The van der Waals surface area contributed by atoms with Crippen molar-refractivity contribution in [1.29, 1.82) is 0 Å². The average Bonchev–Trinajstić information content (AvgIpc) is 3.25. The van der Waals surface area contributed by atoms with Crippen molar-refractivity contribution in [2.24, 2.45) is 58.2 Å². The predicted molar refractivity (Wildman–Crippen MR) is 166 cm³/mol. The second kappa shape index (κ2) is 13.5. The first-order valence-corrected chi connectivity index (χ1v) is 17.5. The number of allylic oxidation sites excluding steroid dienone is 2. The first-order valence-electron chi connectivity index (χ1n) is 17.5. The summed E-state index contributed by atoms with van der Waals surface area (Å²) in [6.45, 7) is 14.9. The van der Waals surface area contributed by atoms with Crippen molar-refractivity contribution in [3.63, 3.8) is 0 Å². The molecule has 1 unspecified atom stereocenters. The minimum absolute atomic E-state index is 0.137. The van der Waals surface area contributed by atoms with Crippen LogP contribution in [0.3, 0.4) is 0 Å². The molecule has 0 bridgehead atoms. The van der Waals surface area contributed by atoms with Crippen LogP contribution < -0.4 is 0 Å². The summed E-state index contributed by atoms with van der Waals surface area (Å²) in [7, 11) is 0. The monoisotopic (exact) mass is 540 g/mol. The Morgan fingerprint density at radius 2 is 1.64 bits per heavy atom. The van der Waals surface area contributed by atoms with Gasteiger partial charge in [-0.15, -0.1) is 0 Å². The lowest BCUT2D eigenvalue weighted by Gasteiger charge is -2.59. The standard InChI is InChI=1S/C37H64O2/c1-7-8-9-10-11-12-16-30(35(38)39)28-21-23-36(5)29(25-28)17-18-31-33-20-19-32(27(4)15-13-14-26(2)3)37(33,6)24-22-34(31)36/h17,26-28,30-34H,7-16,18-25H2,1-6H3,(H,38,39)/t27-,28+,30?,31+,32-,33+,34+,36+,37-/m1/s1. The van der Waals surface area contributed by atoms with Crippen LogP contribution in [0.5, 0.6) is 0 Å². The maximum atomic E-state index is 12.4. The molecule has 0 spiro atoms. The van der Waals surface area contributed by atoms with Gasteiger partial charge in [-0.1, -0.05) is 111 Å². The van der Waals surface area contributed by atoms with E-state index in [1.807, 2.05) is 0 Å². The second-order valence-corrected chi connectivity index (χ2v) is 15.8. The molecule has 3 saturated carbocycles. The summed E-state index contributed by atoms with van der Waals surface area (Å²) in [5, 5.41) is 10.2. The summed E-state index contributed by atoms with van der Waals surface area (Å²) in [6.07, 6.45) is 25.7. The molecule has 3 fully saturated rings. The molecule has 0 aromatic carbocycles. The molecule has 0 aliphatic heterocycles. The molecule has 39 heavy (non-hydrogen) atoms. The molecule has 4 rings (SSSR count). The van der Waals surface area contributed by atoms with E-state index in [1.165, 1.54) is 89.9 Å². The second-order valence-electron chi connectivity index (χ2n) is 15.8. The average molecular weight is 541 g/mol. The van der Waals surface area contributed by atoms with Crippen molar-refractivity contribution in [2.45, 2.75) is 157 Å². The third kappa shape index (κ3) is 6.66. The van der Waals surface area contributed by atoms with E-state index in [4.69, 9.17) is 0 Å². The molecule has 4 aliphatic carbocycles. The van der Waals surface area contributed by atoms with Gasteiger partial charge in [-0.25, -0.2) is 0 Å². The Bertz CT molecular complexity index is 827. The van der Waals surface area contributed by atoms with E-state index in [-0.39, 0.29) is 5.92 Å². The van der Waals surface area contributed by atoms with Gasteiger partial charge in [-0.2, -0.15) is 0 Å². The molecule has 0 amide bonds. The molecule has 0 heterocycles. The Labute approximate surface area is 242 Å². The van der Waals surface area contributed by atoms with Crippen molar-refractivity contribution in [3.05, 3.63) is 11.6 Å². The Hall–Kier alpha value is -0.790. The van der Waals surface area contributed by atoms with E-state index in [0.29, 0.717) is 16.7 Å². The van der Waals surface area contributed by atoms with Crippen LogP contribution in [0.2, 0.25) is 0 Å². The molecule has 0 saturated heterocycles. The molecular weight excluding hydrogens is 476 g/mol. The van der Waals surface area contributed by atoms with E-state index in [1.54, 1.807) is 5.57 Å². The largest absolute Gasteiger partial charge is 0.481 e. The lowest BCUT2D eigenvalue weighted by molar-refractivity contribution is -0.144. The molecule has 224 valence electrons. The fourth-order valence-electron chi connectivity index (χ4n) is 10.8. The van der Waals surface area contributed by atoms with Crippen molar-refractivity contribution in [1.82, 2.24) is 0 Å². The summed E-state index contributed by atoms with van der Waals surface area (Å²) < 4.78 is 0. The summed E-state index contributed by atoms with van der Waals surface area (Å²) in [4.78, 5) is 12.4. The van der Waals surface area contributed by atoms with Crippen molar-refractivity contribution >= 4 is 5.97 Å². The zero-order valence-electron chi connectivity index (χ0n) is 26.8. The number of rotatable bonds is 14. The van der Waals surface area contributed by atoms with E-state index < -0.39 is 5.97 Å². The van der Waals surface area contributed by atoms with Gasteiger partial charge in [0.05, 0.1) is 5.92 Å². The Morgan fingerprint density at radius 1 is 0.897 bits per heavy atom. The lowest BCUT2D eigenvalue weighted by Crippen LogP contribution is -2.51. The van der Waals surface area contributed by atoms with E-state index >= 15 is 0 Å². The van der Waals surface area contributed by atoms with Crippen molar-refractivity contribution < 1.29 is 9.90 Å². The van der Waals surface area contributed by atoms with Gasteiger partial charge < -0.3 is 5.11 Å². The van der Waals surface area contributed by atoms with Crippen LogP contribution >= 0.6 is 0 Å². The van der Waals surface area contributed by atoms with Gasteiger partial charge in [0.25, 0.3) is 0 Å². The highest BCUT2D eigenvalue weighted by Gasteiger charge is 2.59. The molecule has 2 nitrogen and oxygen atoms in total. The van der Waals surface area contributed by atoms with Crippen LogP contribution in [0.1, 0.15) is 157 Å². The van der Waals surface area contributed by atoms with Crippen LogP contribution in [0.15, 0.2) is 11.6 Å². The highest BCUT2D eigenvalue weighted by molar-refractivity contribution is 5.70. The minimum Gasteiger partial charge on any atom is -0.481 e. The number of carboxylic acid groups (broad SMARTS) is 1. The number of carbonyl (C=O) groups is 1. The summed E-state index contributed by atoms with van der Waals surface area (Å²) >= 11 is 0. The molecule has 9 atom stereocenters. The maximum Gasteiger partial charge on any atom is 0.306 e. The quantitative estimate of drug-likeness (QED) is 0.176. The predicted octanol–water partition coefficient (Wildman–Crippen LogP) is 11.1. The molecule has 0 aromatic heterocycles. The third-order valence-corrected chi connectivity index (χ3v) is 13.1. The van der Waals surface area contributed by atoms with Crippen LogP contribution in [-0.2, 0) is 4.79 Å². The Kier molecular flexibility index (Phi) is 10.7. The Balaban J connectivity index is 1.39. The van der Waals surface area contributed by atoms with Crippen LogP contribution in [0.4, 0.5) is 0 Å². The summed E-state index contributed by atoms with van der Waals surface area (Å²) in [5.41, 5.74) is 2.53. The normalized spacial score (nSPS) is 37.5. The number of carboxylic acids is 1. The summed E-state index contributed by atoms with van der Waals surface area (Å²) in [6, 6.07) is 0. The van der Waals surface area contributed by atoms with Gasteiger partial charge >= 0.3 is 5.97 Å². The molecule has 2 heteroatoms. The first kappa shape index (κ1) is 31.2. The van der Waals surface area contributed by atoms with E-state index in [2.05, 4.69) is 47.6 Å². The molecule has 4 aliphatic rings. The van der Waals surface area contributed by atoms with Crippen molar-refractivity contribution in [3.8, 4) is 0 Å².